The first kappa shape index (κ1) is 15.1. The molecular weight excluding hydrogens is 275 g/mol. The fourth-order valence-corrected chi connectivity index (χ4v) is 1.77. The normalized spacial score (nSPS) is 10.6. The van der Waals surface area contributed by atoms with Gasteiger partial charge in [0, 0.05) is 31.5 Å². The van der Waals surface area contributed by atoms with E-state index in [1.165, 1.54) is 12.1 Å². The summed E-state index contributed by atoms with van der Waals surface area (Å²) in [4.78, 5) is 15.6. The zero-order valence-corrected chi connectivity index (χ0v) is 11.5. The van der Waals surface area contributed by atoms with Crippen LogP contribution < -0.4 is 11.1 Å². The van der Waals surface area contributed by atoms with E-state index in [1.807, 2.05) is 0 Å². The average molecular weight is 292 g/mol. The molecule has 1 heterocycles. The topological polar surface area (TPSA) is 94.0 Å². The largest absolute Gasteiger partial charge is 0.355 e. The molecule has 0 saturated heterocycles. The Morgan fingerprint density at radius 1 is 1.33 bits per heavy atom. The predicted molar refractivity (Wildman–Crippen MR) is 74.7 cm³/mol. The van der Waals surface area contributed by atoms with Crippen molar-refractivity contribution in [1.82, 2.24) is 15.5 Å². The van der Waals surface area contributed by atoms with E-state index in [-0.39, 0.29) is 11.7 Å². The van der Waals surface area contributed by atoms with Crippen LogP contribution in [0.3, 0.4) is 0 Å². The Morgan fingerprint density at radius 2 is 2.10 bits per heavy atom. The summed E-state index contributed by atoms with van der Waals surface area (Å²) in [5, 5.41) is 6.53. The fourth-order valence-electron chi connectivity index (χ4n) is 1.77. The van der Waals surface area contributed by atoms with Gasteiger partial charge in [-0.3, -0.25) is 4.79 Å². The third-order valence-corrected chi connectivity index (χ3v) is 2.83. The molecule has 0 aliphatic rings. The lowest BCUT2D eigenvalue weighted by molar-refractivity contribution is -0.121. The van der Waals surface area contributed by atoms with Crippen molar-refractivity contribution in [2.45, 2.75) is 19.3 Å². The fraction of sp³-hybridized carbons (Fsp3) is 0.357. The van der Waals surface area contributed by atoms with Crippen LogP contribution in [0.5, 0.6) is 0 Å². The molecule has 3 N–H and O–H groups in total. The number of nitrogens with two attached hydrogens (primary N) is 1. The van der Waals surface area contributed by atoms with Crippen molar-refractivity contribution >= 4 is 5.91 Å². The molecule has 0 atom stereocenters. The molecule has 0 fully saturated rings. The van der Waals surface area contributed by atoms with Crippen molar-refractivity contribution in [1.29, 1.82) is 0 Å². The predicted octanol–water partition coefficient (Wildman–Crippen LogP) is 1.27. The number of halogens is 1. The molecule has 0 spiro atoms. The Morgan fingerprint density at radius 3 is 2.81 bits per heavy atom. The average Bonchev–Trinajstić information content (AvgIpc) is 2.95. The van der Waals surface area contributed by atoms with E-state index in [1.54, 1.807) is 12.1 Å². The Bertz CT molecular complexity index is 583. The van der Waals surface area contributed by atoms with E-state index in [0.29, 0.717) is 49.6 Å². The molecule has 0 unspecified atom stereocenters. The van der Waals surface area contributed by atoms with Crippen LogP contribution in [0.25, 0.3) is 11.4 Å². The molecule has 0 aliphatic carbocycles. The molecule has 2 aromatic rings. The van der Waals surface area contributed by atoms with Gasteiger partial charge in [-0.15, -0.1) is 0 Å². The molecular formula is C14H17FN4O2. The highest BCUT2D eigenvalue weighted by Crippen LogP contribution is 2.16. The number of nitrogens with zero attached hydrogens (tertiary/aromatic N) is 2. The van der Waals surface area contributed by atoms with Crippen molar-refractivity contribution in [2.75, 3.05) is 13.1 Å². The van der Waals surface area contributed by atoms with Crippen LogP contribution in [0.4, 0.5) is 4.39 Å². The number of nitrogens with one attached hydrogen (secondary N) is 1. The summed E-state index contributed by atoms with van der Waals surface area (Å²) in [6.07, 6.45) is 1.51. The molecule has 0 aliphatic heterocycles. The van der Waals surface area contributed by atoms with Crippen molar-refractivity contribution in [3.05, 3.63) is 36.0 Å². The van der Waals surface area contributed by atoms with Gasteiger partial charge in [-0.1, -0.05) is 5.16 Å². The molecule has 1 aromatic heterocycles. The van der Waals surface area contributed by atoms with Crippen LogP contribution in [0.15, 0.2) is 28.8 Å². The van der Waals surface area contributed by atoms with Gasteiger partial charge in [0.1, 0.15) is 5.82 Å². The van der Waals surface area contributed by atoms with Gasteiger partial charge < -0.3 is 15.6 Å². The standard InChI is InChI=1S/C14H17FN4O2/c15-11-6-4-10(5-7-11)14-18-13(21-19-14)3-1-2-12(20)17-9-8-16/h4-7H,1-3,8-9,16H2,(H,17,20). The van der Waals surface area contributed by atoms with Gasteiger partial charge in [-0.25, -0.2) is 4.39 Å². The third kappa shape index (κ3) is 4.64. The molecule has 7 heteroatoms. The summed E-state index contributed by atoms with van der Waals surface area (Å²) in [6.45, 7) is 0.907. The van der Waals surface area contributed by atoms with Crippen LogP contribution in [0.1, 0.15) is 18.7 Å². The minimum absolute atomic E-state index is 0.0428. The number of aryl methyl sites for hydroxylation is 1. The first-order chi connectivity index (χ1) is 10.2. The van der Waals surface area contributed by atoms with Gasteiger partial charge in [-0.05, 0) is 30.7 Å². The van der Waals surface area contributed by atoms with Crippen LogP contribution in [-0.2, 0) is 11.2 Å². The number of carbonyl (C=O) groups excluding carboxylic acids is 1. The van der Waals surface area contributed by atoms with E-state index < -0.39 is 0 Å². The van der Waals surface area contributed by atoms with E-state index in [0.717, 1.165) is 0 Å². The Hall–Kier alpha value is -2.28. The second-order valence-electron chi connectivity index (χ2n) is 4.51. The number of benzene rings is 1. The van der Waals surface area contributed by atoms with Crippen molar-refractivity contribution in [3.63, 3.8) is 0 Å². The third-order valence-electron chi connectivity index (χ3n) is 2.83. The summed E-state index contributed by atoms with van der Waals surface area (Å²) >= 11 is 0. The lowest BCUT2D eigenvalue weighted by Crippen LogP contribution is -2.28. The number of rotatable bonds is 7. The zero-order chi connectivity index (χ0) is 15.1. The summed E-state index contributed by atoms with van der Waals surface area (Å²) in [7, 11) is 0. The van der Waals surface area contributed by atoms with E-state index in [2.05, 4.69) is 15.5 Å². The Balaban J connectivity index is 1.83. The Labute approximate surface area is 121 Å². The lowest BCUT2D eigenvalue weighted by atomic mass is 10.2. The number of amides is 1. The van der Waals surface area contributed by atoms with Gasteiger partial charge in [0.25, 0.3) is 0 Å². The monoisotopic (exact) mass is 292 g/mol. The first-order valence-corrected chi connectivity index (χ1v) is 6.74. The van der Waals surface area contributed by atoms with Crippen LogP contribution in [0, 0.1) is 5.82 Å². The quantitative estimate of drug-likeness (QED) is 0.801. The number of hydrogen-bond donors (Lipinski definition) is 2. The van der Waals surface area contributed by atoms with Gasteiger partial charge in [0.2, 0.25) is 17.6 Å². The molecule has 1 amide bonds. The maximum atomic E-state index is 12.8. The van der Waals surface area contributed by atoms with Crippen molar-refractivity contribution in [3.8, 4) is 11.4 Å². The van der Waals surface area contributed by atoms with Crippen LogP contribution in [-0.4, -0.2) is 29.1 Å². The number of carbonyl (C=O) groups is 1. The first-order valence-electron chi connectivity index (χ1n) is 6.74. The smallest absolute Gasteiger partial charge is 0.226 e. The molecule has 0 bridgehead atoms. The lowest BCUT2D eigenvalue weighted by Gasteiger charge is -2.01. The minimum atomic E-state index is -0.314. The van der Waals surface area contributed by atoms with Crippen LogP contribution in [0.2, 0.25) is 0 Å². The second-order valence-corrected chi connectivity index (χ2v) is 4.51. The summed E-state index contributed by atoms with van der Waals surface area (Å²) in [6, 6.07) is 5.86. The highest BCUT2D eigenvalue weighted by Gasteiger charge is 2.09. The molecule has 0 radical (unpaired) electrons. The van der Waals surface area contributed by atoms with E-state index in [9.17, 15) is 9.18 Å². The van der Waals surface area contributed by atoms with E-state index in [4.69, 9.17) is 10.3 Å². The van der Waals surface area contributed by atoms with Gasteiger partial charge >= 0.3 is 0 Å². The van der Waals surface area contributed by atoms with E-state index >= 15 is 0 Å². The minimum Gasteiger partial charge on any atom is -0.355 e. The number of aromatic nitrogens is 2. The van der Waals surface area contributed by atoms with Crippen molar-refractivity contribution < 1.29 is 13.7 Å². The maximum absolute atomic E-state index is 12.8. The summed E-state index contributed by atoms with van der Waals surface area (Å²) < 4.78 is 17.9. The van der Waals surface area contributed by atoms with Gasteiger partial charge in [0.05, 0.1) is 0 Å². The van der Waals surface area contributed by atoms with Gasteiger partial charge in [0.15, 0.2) is 0 Å². The molecule has 21 heavy (non-hydrogen) atoms. The summed E-state index contributed by atoms with van der Waals surface area (Å²) in [5.74, 6) is 0.517. The molecule has 1 aromatic carbocycles. The SMILES string of the molecule is NCCNC(=O)CCCc1nc(-c2ccc(F)cc2)no1. The highest BCUT2D eigenvalue weighted by molar-refractivity contribution is 5.75. The molecule has 6 nitrogen and oxygen atoms in total. The molecule has 2 rings (SSSR count). The van der Waals surface area contributed by atoms with Crippen LogP contribution >= 0.6 is 0 Å². The highest BCUT2D eigenvalue weighted by atomic mass is 19.1. The maximum Gasteiger partial charge on any atom is 0.226 e. The Kier molecular flexibility index (Phi) is 5.39. The molecule has 0 saturated carbocycles. The summed E-state index contributed by atoms with van der Waals surface area (Å²) in [5.41, 5.74) is 5.98. The van der Waals surface area contributed by atoms with Gasteiger partial charge in [-0.2, -0.15) is 4.98 Å². The number of hydrogen-bond acceptors (Lipinski definition) is 5. The molecule has 112 valence electrons. The van der Waals surface area contributed by atoms with Crippen molar-refractivity contribution in [2.24, 2.45) is 5.73 Å². The zero-order valence-electron chi connectivity index (χ0n) is 11.5. The second kappa shape index (κ2) is 7.49.